The highest BCUT2D eigenvalue weighted by Crippen LogP contribution is 2.35. The van der Waals surface area contributed by atoms with Gasteiger partial charge in [0.1, 0.15) is 17.2 Å². The topological polar surface area (TPSA) is 68.3 Å². The van der Waals surface area contributed by atoms with E-state index < -0.39 is 0 Å². The second kappa shape index (κ2) is 8.88. The van der Waals surface area contributed by atoms with E-state index in [1.54, 1.807) is 39.5 Å². The van der Waals surface area contributed by atoms with Crippen molar-refractivity contribution in [3.8, 4) is 17.2 Å². The summed E-state index contributed by atoms with van der Waals surface area (Å²) in [5.74, 6) is 1.88. The van der Waals surface area contributed by atoms with Gasteiger partial charge in [-0.3, -0.25) is 9.59 Å². The highest BCUT2D eigenvalue weighted by atomic mass is 16.5. The Morgan fingerprint density at radius 3 is 2.39 bits per heavy atom. The van der Waals surface area contributed by atoms with Crippen LogP contribution in [-0.4, -0.2) is 57.1 Å². The summed E-state index contributed by atoms with van der Waals surface area (Å²) in [4.78, 5) is 30.1. The monoisotopic (exact) mass is 424 g/mol. The van der Waals surface area contributed by atoms with Crippen molar-refractivity contribution in [3.63, 3.8) is 0 Å². The Kier molecular flexibility index (Phi) is 6.02. The van der Waals surface area contributed by atoms with E-state index in [4.69, 9.17) is 14.2 Å². The number of hydrogen-bond donors (Lipinski definition) is 0. The Bertz CT molecular complexity index is 986. The highest BCUT2D eigenvalue weighted by molar-refractivity contribution is 6.02. The Morgan fingerprint density at radius 2 is 1.71 bits per heavy atom. The van der Waals surface area contributed by atoms with Gasteiger partial charge in [0.05, 0.1) is 33.4 Å². The molecule has 31 heavy (non-hydrogen) atoms. The van der Waals surface area contributed by atoms with Crippen LogP contribution in [-0.2, 0) is 11.3 Å². The molecule has 2 aromatic rings. The number of fused-ring (bicyclic) bond motifs is 1. The predicted octanol–water partition coefficient (Wildman–Crippen LogP) is 3.30. The van der Waals surface area contributed by atoms with E-state index in [-0.39, 0.29) is 18.2 Å². The first-order chi connectivity index (χ1) is 15.0. The summed E-state index contributed by atoms with van der Waals surface area (Å²) in [6.07, 6.45) is 2.50. The number of carbonyl (C=O) groups is 2. The minimum absolute atomic E-state index is 0.0930. The third-order valence-electron chi connectivity index (χ3n) is 5.91. The smallest absolute Gasteiger partial charge is 0.224 e. The van der Waals surface area contributed by atoms with Gasteiger partial charge in [-0.25, -0.2) is 0 Å². The van der Waals surface area contributed by atoms with Crippen molar-refractivity contribution in [3.05, 3.63) is 47.5 Å². The third-order valence-corrected chi connectivity index (χ3v) is 5.91. The first-order valence-electron chi connectivity index (χ1n) is 10.5. The lowest BCUT2D eigenvalue weighted by atomic mass is 10.0. The van der Waals surface area contributed by atoms with Gasteiger partial charge in [0.25, 0.3) is 0 Å². The lowest BCUT2D eigenvalue weighted by Gasteiger charge is -2.33. The van der Waals surface area contributed by atoms with Gasteiger partial charge in [0.2, 0.25) is 5.91 Å². The number of benzene rings is 2. The van der Waals surface area contributed by atoms with Crippen LogP contribution in [0.4, 0.5) is 5.69 Å². The number of methoxy groups -OCH3 is 3. The summed E-state index contributed by atoms with van der Waals surface area (Å²) in [5, 5.41) is 0. The Morgan fingerprint density at radius 1 is 1.00 bits per heavy atom. The summed E-state index contributed by atoms with van der Waals surface area (Å²) >= 11 is 0. The molecule has 0 bridgehead atoms. The maximum absolute atomic E-state index is 13.3. The maximum atomic E-state index is 13.3. The molecule has 4 rings (SSSR count). The predicted molar refractivity (Wildman–Crippen MR) is 117 cm³/mol. The van der Waals surface area contributed by atoms with Crippen LogP contribution in [0.3, 0.4) is 0 Å². The molecule has 0 unspecified atom stereocenters. The lowest BCUT2D eigenvalue weighted by Crippen LogP contribution is -2.40. The van der Waals surface area contributed by atoms with E-state index in [0.717, 1.165) is 29.8 Å². The van der Waals surface area contributed by atoms with Gasteiger partial charge < -0.3 is 24.0 Å². The quantitative estimate of drug-likeness (QED) is 0.636. The van der Waals surface area contributed by atoms with Crippen LogP contribution in [0.2, 0.25) is 0 Å². The number of rotatable bonds is 7. The van der Waals surface area contributed by atoms with Crippen molar-refractivity contribution in [2.75, 3.05) is 39.3 Å². The van der Waals surface area contributed by atoms with Crippen LogP contribution in [0.5, 0.6) is 17.2 Å². The number of anilines is 1. The van der Waals surface area contributed by atoms with E-state index in [2.05, 4.69) is 0 Å². The molecule has 0 N–H and O–H groups in total. The minimum Gasteiger partial charge on any atom is -0.497 e. The number of nitrogens with zero attached hydrogens (tertiary/aromatic N) is 2. The van der Waals surface area contributed by atoms with E-state index in [1.807, 2.05) is 28.0 Å². The van der Waals surface area contributed by atoms with Crippen molar-refractivity contribution in [1.29, 1.82) is 0 Å². The molecule has 1 amide bonds. The molecule has 0 saturated heterocycles. The molecule has 0 aromatic heterocycles. The van der Waals surface area contributed by atoms with Crippen molar-refractivity contribution < 1.29 is 23.8 Å². The zero-order valence-corrected chi connectivity index (χ0v) is 18.2. The largest absolute Gasteiger partial charge is 0.497 e. The van der Waals surface area contributed by atoms with Gasteiger partial charge in [-0.2, -0.15) is 0 Å². The molecule has 164 valence electrons. The van der Waals surface area contributed by atoms with E-state index >= 15 is 0 Å². The van der Waals surface area contributed by atoms with Crippen LogP contribution in [0.25, 0.3) is 0 Å². The van der Waals surface area contributed by atoms with Crippen LogP contribution in [0.1, 0.15) is 35.2 Å². The Labute approximate surface area is 182 Å². The molecular formula is C24H28N2O5. The van der Waals surface area contributed by atoms with E-state index in [9.17, 15) is 9.59 Å². The molecule has 2 aliphatic rings. The van der Waals surface area contributed by atoms with Gasteiger partial charge >= 0.3 is 0 Å². The number of Topliss-reactive ketones (excluding diaryl/α,β-unsaturated/α-hetero) is 1. The van der Waals surface area contributed by atoms with Crippen molar-refractivity contribution in [1.82, 2.24) is 4.90 Å². The first kappa shape index (κ1) is 21.0. The van der Waals surface area contributed by atoms with Crippen LogP contribution < -0.4 is 19.1 Å². The van der Waals surface area contributed by atoms with E-state index in [0.29, 0.717) is 42.6 Å². The van der Waals surface area contributed by atoms with Crippen LogP contribution in [0, 0.1) is 0 Å². The number of carbonyl (C=O) groups excluding carboxylic acids is 2. The van der Waals surface area contributed by atoms with Crippen molar-refractivity contribution >= 4 is 17.4 Å². The van der Waals surface area contributed by atoms with E-state index in [1.165, 1.54) is 0 Å². The Hall–Kier alpha value is -3.22. The first-order valence-corrected chi connectivity index (χ1v) is 10.5. The van der Waals surface area contributed by atoms with Crippen LogP contribution in [0.15, 0.2) is 36.4 Å². The normalized spacial score (nSPS) is 16.3. The summed E-state index contributed by atoms with van der Waals surface area (Å²) in [6.45, 7) is 1.14. The average molecular weight is 424 g/mol. The summed E-state index contributed by atoms with van der Waals surface area (Å²) < 4.78 is 16.1. The fraction of sp³-hybridized carbons (Fsp3) is 0.417. The fourth-order valence-electron chi connectivity index (χ4n) is 4.06. The number of ketones is 1. The van der Waals surface area contributed by atoms with Gasteiger partial charge in [0, 0.05) is 31.2 Å². The molecule has 1 fully saturated rings. The minimum atomic E-state index is -0.0930. The number of ether oxygens (including phenoxy) is 3. The standard InChI is InChI=1S/C24H28N2O5/c1-29-18-6-8-21-16(12-18)14-26(17-4-5-17)24(28)10-11-25(21)15-22(27)20-13-19(30-2)7-9-23(20)31-3/h6-9,12-13,17H,4-5,10-11,14-15H2,1-3H3. The molecular weight excluding hydrogens is 396 g/mol. The average Bonchev–Trinajstić information content (AvgIpc) is 3.63. The van der Waals surface area contributed by atoms with Gasteiger partial charge in [-0.15, -0.1) is 0 Å². The third kappa shape index (κ3) is 4.45. The summed E-state index contributed by atoms with van der Waals surface area (Å²) in [5.41, 5.74) is 2.41. The van der Waals surface area contributed by atoms with Gasteiger partial charge in [0.15, 0.2) is 5.78 Å². The van der Waals surface area contributed by atoms with Crippen molar-refractivity contribution in [2.45, 2.75) is 31.8 Å². The molecule has 7 nitrogen and oxygen atoms in total. The fourth-order valence-corrected chi connectivity index (χ4v) is 4.06. The van der Waals surface area contributed by atoms with Crippen LogP contribution >= 0.6 is 0 Å². The molecule has 0 radical (unpaired) electrons. The molecule has 0 spiro atoms. The van der Waals surface area contributed by atoms with Gasteiger partial charge in [-0.1, -0.05) is 0 Å². The summed E-state index contributed by atoms with van der Waals surface area (Å²) in [7, 11) is 4.74. The molecule has 7 heteroatoms. The molecule has 0 atom stereocenters. The van der Waals surface area contributed by atoms with Gasteiger partial charge in [-0.05, 0) is 54.8 Å². The SMILES string of the molecule is COc1ccc2c(c1)CN(C1CC1)C(=O)CCN2CC(=O)c1cc(OC)ccc1OC. The lowest BCUT2D eigenvalue weighted by molar-refractivity contribution is -0.132. The molecule has 1 saturated carbocycles. The maximum Gasteiger partial charge on any atom is 0.224 e. The summed E-state index contributed by atoms with van der Waals surface area (Å²) in [6, 6.07) is 11.4. The second-order valence-corrected chi connectivity index (χ2v) is 7.91. The zero-order valence-electron chi connectivity index (χ0n) is 18.2. The zero-order chi connectivity index (χ0) is 22.0. The Balaban J connectivity index is 1.66. The molecule has 2 aromatic carbocycles. The molecule has 1 heterocycles. The molecule has 1 aliphatic heterocycles. The molecule has 1 aliphatic carbocycles. The highest BCUT2D eigenvalue weighted by Gasteiger charge is 2.35. The number of amides is 1. The second-order valence-electron chi connectivity index (χ2n) is 7.91. The van der Waals surface area contributed by atoms with Crippen molar-refractivity contribution in [2.24, 2.45) is 0 Å². The number of hydrogen-bond acceptors (Lipinski definition) is 6.